The molecule has 0 aromatic rings. The Balaban J connectivity index is 2.05. The van der Waals surface area contributed by atoms with E-state index >= 15 is 0 Å². The second-order valence-corrected chi connectivity index (χ2v) is 5.99. The van der Waals surface area contributed by atoms with Gasteiger partial charge in [-0.1, -0.05) is 12.5 Å². The van der Waals surface area contributed by atoms with Crippen LogP contribution >= 0.6 is 0 Å². The molecule has 2 heterocycles. The molecule has 0 aliphatic carbocycles. The molecule has 0 radical (unpaired) electrons. The predicted molar refractivity (Wildman–Crippen MR) is 80.2 cm³/mol. The fourth-order valence-corrected chi connectivity index (χ4v) is 3.33. The molecule has 0 aromatic heterocycles. The number of carbonyl (C=O) groups is 2. The highest BCUT2D eigenvalue weighted by Crippen LogP contribution is 2.24. The number of piperidine rings is 1. The van der Waals surface area contributed by atoms with Crippen molar-refractivity contribution in [2.75, 3.05) is 32.7 Å². The summed E-state index contributed by atoms with van der Waals surface area (Å²) in [6.07, 6.45) is 5.14. The molecule has 21 heavy (non-hydrogen) atoms. The molecule has 0 spiro atoms. The van der Waals surface area contributed by atoms with Crippen molar-refractivity contribution >= 4 is 12.0 Å². The van der Waals surface area contributed by atoms with Crippen molar-refractivity contribution in [3.63, 3.8) is 0 Å². The summed E-state index contributed by atoms with van der Waals surface area (Å²) in [6.45, 7) is 8.33. The maximum absolute atomic E-state index is 12.6. The quantitative estimate of drug-likeness (QED) is 0.793. The van der Waals surface area contributed by atoms with Crippen molar-refractivity contribution < 1.29 is 14.7 Å². The number of nitrogens with zero attached hydrogens (tertiary/aromatic N) is 3. The molecule has 2 fully saturated rings. The van der Waals surface area contributed by atoms with Crippen molar-refractivity contribution in [1.82, 2.24) is 14.7 Å². The number of hydrogen-bond acceptors (Lipinski definition) is 3. The number of fused-ring (bicyclic) bond motifs is 1. The minimum atomic E-state index is -0.992. The van der Waals surface area contributed by atoms with Crippen LogP contribution in [-0.2, 0) is 4.79 Å². The van der Waals surface area contributed by atoms with Crippen molar-refractivity contribution in [3.05, 3.63) is 12.7 Å². The lowest BCUT2D eigenvalue weighted by molar-refractivity contribution is -0.137. The van der Waals surface area contributed by atoms with E-state index in [1.54, 1.807) is 6.08 Å². The molecular formula is C15H25N3O3. The van der Waals surface area contributed by atoms with E-state index in [9.17, 15) is 9.59 Å². The number of rotatable bonds is 4. The first kappa shape index (κ1) is 15.8. The van der Waals surface area contributed by atoms with Gasteiger partial charge in [0.25, 0.3) is 0 Å². The second kappa shape index (κ2) is 6.93. The van der Waals surface area contributed by atoms with Crippen LogP contribution in [0.1, 0.15) is 26.2 Å². The molecule has 2 saturated heterocycles. The molecule has 118 valence electrons. The standard InChI is InChI=1S/C15H25N3O3/c1-3-7-17(11-14(19)20)15(21)18-10-13-6-4-5-8-16(13)9-12(18)2/h3,12-13H,1,4-11H2,2H3,(H,19,20). The minimum Gasteiger partial charge on any atom is -0.480 e. The van der Waals surface area contributed by atoms with Gasteiger partial charge >= 0.3 is 12.0 Å². The number of carbonyl (C=O) groups excluding carboxylic acids is 1. The molecule has 0 saturated carbocycles. The van der Waals surface area contributed by atoms with Gasteiger partial charge in [0.05, 0.1) is 0 Å². The molecule has 0 bridgehead atoms. The topological polar surface area (TPSA) is 64.1 Å². The third-order valence-electron chi connectivity index (χ3n) is 4.38. The zero-order valence-electron chi connectivity index (χ0n) is 12.7. The van der Waals surface area contributed by atoms with Crippen molar-refractivity contribution in [3.8, 4) is 0 Å². The Morgan fingerprint density at radius 2 is 2.14 bits per heavy atom. The number of hydrogen-bond donors (Lipinski definition) is 1. The van der Waals surface area contributed by atoms with Gasteiger partial charge in [-0.25, -0.2) is 4.79 Å². The minimum absolute atomic E-state index is 0.118. The van der Waals surface area contributed by atoms with Crippen LogP contribution in [0.15, 0.2) is 12.7 Å². The van der Waals surface area contributed by atoms with Gasteiger partial charge in [0.1, 0.15) is 6.54 Å². The van der Waals surface area contributed by atoms with Crippen LogP contribution in [0.4, 0.5) is 4.79 Å². The summed E-state index contributed by atoms with van der Waals surface area (Å²) in [5.41, 5.74) is 0. The van der Waals surface area contributed by atoms with E-state index in [2.05, 4.69) is 11.5 Å². The summed E-state index contributed by atoms with van der Waals surface area (Å²) >= 11 is 0. The maximum atomic E-state index is 12.6. The first-order chi connectivity index (χ1) is 10.0. The van der Waals surface area contributed by atoms with Crippen molar-refractivity contribution in [1.29, 1.82) is 0 Å². The summed E-state index contributed by atoms with van der Waals surface area (Å²) in [4.78, 5) is 29.2. The first-order valence-electron chi connectivity index (χ1n) is 7.65. The summed E-state index contributed by atoms with van der Waals surface area (Å²) in [6, 6.07) is 0.359. The third-order valence-corrected chi connectivity index (χ3v) is 4.38. The Bertz CT molecular complexity index is 413. The van der Waals surface area contributed by atoms with Crippen molar-refractivity contribution in [2.24, 2.45) is 0 Å². The third kappa shape index (κ3) is 3.75. The summed E-state index contributed by atoms with van der Waals surface area (Å²) in [5.74, 6) is -0.992. The van der Waals surface area contributed by atoms with Crippen LogP contribution in [0.2, 0.25) is 0 Å². The molecule has 1 N–H and O–H groups in total. The molecule has 2 aliphatic rings. The molecule has 2 rings (SSSR count). The average molecular weight is 295 g/mol. The lowest BCUT2D eigenvalue weighted by atomic mass is 9.97. The normalized spacial score (nSPS) is 26.0. The Kier molecular flexibility index (Phi) is 5.22. The zero-order valence-corrected chi connectivity index (χ0v) is 12.7. The van der Waals surface area contributed by atoms with Gasteiger partial charge in [0.15, 0.2) is 0 Å². The van der Waals surface area contributed by atoms with Gasteiger partial charge in [-0.3, -0.25) is 9.69 Å². The van der Waals surface area contributed by atoms with E-state index in [1.165, 1.54) is 17.7 Å². The Morgan fingerprint density at radius 1 is 1.38 bits per heavy atom. The summed E-state index contributed by atoms with van der Waals surface area (Å²) in [7, 11) is 0. The molecule has 2 unspecified atom stereocenters. The highest BCUT2D eigenvalue weighted by Gasteiger charge is 2.36. The van der Waals surface area contributed by atoms with E-state index in [0.717, 1.165) is 19.5 Å². The smallest absolute Gasteiger partial charge is 0.323 e. The van der Waals surface area contributed by atoms with Crippen LogP contribution in [0.3, 0.4) is 0 Å². The zero-order chi connectivity index (χ0) is 15.4. The highest BCUT2D eigenvalue weighted by molar-refractivity contribution is 5.80. The molecule has 6 heteroatoms. The lowest BCUT2D eigenvalue weighted by Crippen LogP contribution is -2.62. The van der Waals surface area contributed by atoms with Gasteiger partial charge < -0.3 is 14.9 Å². The van der Waals surface area contributed by atoms with Crippen molar-refractivity contribution in [2.45, 2.75) is 38.3 Å². The van der Waals surface area contributed by atoms with Crippen LogP contribution in [0.5, 0.6) is 0 Å². The number of piperazine rings is 1. The van der Waals surface area contributed by atoms with E-state index in [0.29, 0.717) is 12.6 Å². The lowest BCUT2D eigenvalue weighted by Gasteiger charge is -2.48. The predicted octanol–water partition coefficient (Wildman–Crippen LogP) is 1.24. The molecular weight excluding hydrogens is 270 g/mol. The Hall–Kier alpha value is -1.56. The monoisotopic (exact) mass is 295 g/mol. The molecule has 2 amide bonds. The largest absolute Gasteiger partial charge is 0.480 e. The van der Waals surface area contributed by atoms with Crippen LogP contribution < -0.4 is 0 Å². The Labute approximate surface area is 126 Å². The maximum Gasteiger partial charge on any atom is 0.323 e. The number of carboxylic acids is 1. The SMILES string of the molecule is C=CCN(CC(=O)O)C(=O)N1CC2CCCCN2CC1C. The van der Waals surface area contributed by atoms with Gasteiger partial charge in [0, 0.05) is 31.7 Å². The molecule has 0 aromatic carbocycles. The number of aliphatic carboxylic acids is 1. The summed E-state index contributed by atoms with van der Waals surface area (Å²) in [5, 5.41) is 8.96. The molecule has 2 atom stereocenters. The summed E-state index contributed by atoms with van der Waals surface area (Å²) < 4.78 is 0. The fraction of sp³-hybridized carbons (Fsp3) is 0.733. The number of urea groups is 1. The van der Waals surface area contributed by atoms with Gasteiger partial charge in [-0.2, -0.15) is 0 Å². The number of amides is 2. The first-order valence-corrected chi connectivity index (χ1v) is 7.65. The van der Waals surface area contributed by atoms with Crippen LogP contribution in [0.25, 0.3) is 0 Å². The Morgan fingerprint density at radius 3 is 2.81 bits per heavy atom. The number of carboxylic acid groups (broad SMARTS) is 1. The van der Waals surface area contributed by atoms with Crippen LogP contribution in [-0.4, -0.2) is 76.6 Å². The molecule has 6 nitrogen and oxygen atoms in total. The average Bonchev–Trinajstić information content (AvgIpc) is 2.45. The van der Waals surface area contributed by atoms with E-state index < -0.39 is 5.97 Å². The van der Waals surface area contributed by atoms with Gasteiger partial charge in [0.2, 0.25) is 0 Å². The van der Waals surface area contributed by atoms with E-state index in [1.807, 2.05) is 11.8 Å². The molecule has 2 aliphatic heterocycles. The van der Waals surface area contributed by atoms with E-state index in [4.69, 9.17) is 5.11 Å². The highest BCUT2D eigenvalue weighted by atomic mass is 16.4. The van der Waals surface area contributed by atoms with Gasteiger partial charge in [-0.15, -0.1) is 6.58 Å². The second-order valence-electron chi connectivity index (χ2n) is 5.99. The van der Waals surface area contributed by atoms with Crippen LogP contribution in [0, 0.1) is 0 Å². The fourth-order valence-electron chi connectivity index (χ4n) is 3.33. The van der Waals surface area contributed by atoms with E-state index in [-0.39, 0.29) is 25.2 Å². The van der Waals surface area contributed by atoms with Gasteiger partial charge in [-0.05, 0) is 26.3 Å².